The van der Waals surface area contributed by atoms with Gasteiger partial charge < -0.3 is 10.1 Å². The van der Waals surface area contributed by atoms with Gasteiger partial charge in [0.05, 0.1) is 19.3 Å². The molecule has 2 nitrogen and oxygen atoms in total. The number of aryl methyl sites for hydroxylation is 1. The SMILES string of the molecule is CCCNC1COCCc2c(C)cc(Cl)c(C)c21. The van der Waals surface area contributed by atoms with Crippen molar-refractivity contribution in [1.82, 2.24) is 5.32 Å². The molecule has 1 atom stereocenters. The molecule has 0 aliphatic carbocycles. The molecule has 0 spiro atoms. The topological polar surface area (TPSA) is 21.3 Å². The first-order chi connectivity index (χ1) is 8.65. The van der Waals surface area contributed by atoms with Gasteiger partial charge in [0.2, 0.25) is 0 Å². The Hall–Kier alpha value is -0.570. The van der Waals surface area contributed by atoms with E-state index < -0.39 is 0 Å². The summed E-state index contributed by atoms with van der Waals surface area (Å²) in [6, 6.07) is 2.36. The number of nitrogens with one attached hydrogen (secondary N) is 1. The van der Waals surface area contributed by atoms with Crippen LogP contribution in [0.15, 0.2) is 6.07 Å². The van der Waals surface area contributed by atoms with Gasteiger partial charge in [-0.15, -0.1) is 0 Å². The summed E-state index contributed by atoms with van der Waals surface area (Å²) < 4.78 is 5.73. The maximum absolute atomic E-state index is 6.33. The largest absolute Gasteiger partial charge is 0.379 e. The molecule has 1 aromatic carbocycles. The molecule has 1 heterocycles. The highest BCUT2D eigenvalue weighted by Crippen LogP contribution is 2.33. The maximum Gasteiger partial charge on any atom is 0.0661 e. The van der Waals surface area contributed by atoms with Crippen LogP contribution in [0.3, 0.4) is 0 Å². The van der Waals surface area contributed by atoms with Crippen LogP contribution in [0.2, 0.25) is 5.02 Å². The van der Waals surface area contributed by atoms with E-state index in [-0.39, 0.29) is 6.04 Å². The molecule has 1 N–H and O–H groups in total. The van der Waals surface area contributed by atoms with Crippen LogP contribution in [-0.4, -0.2) is 19.8 Å². The zero-order chi connectivity index (χ0) is 13.1. The van der Waals surface area contributed by atoms with E-state index in [0.717, 1.165) is 37.6 Å². The molecule has 1 aliphatic heterocycles. The van der Waals surface area contributed by atoms with Crippen molar-refractivity contribution >= 4 is 11.6 Å². The number of fused-ring (bicyclic) bond motifs is 1. The first-order valence-corrected chi connectivity index (χ1v) is 7.12. The van der Waals surface area contributed by atoms with Gasteiger partial charge in [-0.1, -0.05) is 18.5 Å². The number of rotatable bonds is 3. The Bertz CT molecular complexity index is 431. The van der Waals surface area contributed by atoms with Crippen molar-refractivity contribution in [3.8, 4) is 0 Å². The third kappa shape index (κ3) is 2.71. The highest BCUT2D eigenvalue weighted by Gasteiger charge is 2.23. The van der Waals surface area contributed by atoms with Crippen LogP contribution in [0.1, 0.15) is 41.6 Å². The second kappa shape index (κ2) is 6.05. The van der Waals surface area contributed by atoms with Crippen LogP contribution >= 0.6 is 11.6 Å². The average Bonchev–Trinajstić information content (AvgIpc) is 2.56. The van der Waals surface area contributed by atoms with Crippen LogP contribution in [0.25, 0.3) is 0 Å². The summed E-state index contributed by atoms with van der Waals surface area (Å²) in [5.74, 6) is 0. The zero-order valence-electron chi connectivity index (χ0n) is 11.5. The lowest BCUT2D eigenvalue weighted by Crippen LogP contribution is -2.27. The van der Waals surface area contributed by atoms with Crippen molar-refractivity contribution in [3.05, 3.63) is 33.3 Å². The van der Waals surface area contributed by atoms with E-state index in [9.17, 15) is 0 Å². The Kier molecular flexibility index (Phi) is 4.66. The molecule has 100 valence electrons. The predicted octanol–water partition coefficient (Wildman–Crippen LogP) is 3.57. The molecule has 0 saturated heterocycles. The van der Waals surface area contributed by atoms with E-state index in [0.29, 0.717) is 0 Å². The number of halogens is 1. The number of ether oxygens (including phenoxy) is 1. The molecule has 2 rings (SSSR count). The lowest BCUT2D eigenvalue weighted by atomic mass is 9.91. The van der Waals surface area contributed by atoms with Crippen molar-refractivity contribution in [1.29, 1.82) is 0 Å². The summed E-state index contributed by atoms with van der Waals surface area (Å²) in [5, 5.41) is 4.45. The van der Waals surface area contributed by atoms with Crippen LogP contribution in [0, 0.1) is 13.8 Å². The molecule has 3 heteroatoms. The summed E-state index contributed by atoms with van der Waals surface area (Å²) in [7, 11) is 0. The molecule has 0 aromatic heterocycles. The van der Waals surface area contributed by atoms with E-state index in [1.54, 1.807) is 0 Å². The van der Waals surface area contributed by atoms with Gasteiger partial charge in [-0.05, 0) is 61.6 Å². The van der Waals surface area contributed by atoms with Crippen LogP contribution < -0.4 is 5.32 Å². The summed E-state index contributed by atoms with van der Waals surface area (Å²) in [5.41, 5.74) is 5.28. The van der Waals surface area contributed by atoms with Gasteiger partial charge in [-0.2, -0.15) is 0 Å². The minimum Gasteiger partial charge on any atom is -0.379 e. The second-order valence-electron chi connectivity index (χ2n) is 5.02. The van der Waals surface area contributed by atoms with Crippen LogP contribution in [0.5, 0.6) is 0 Å². The lowest BCUT2D eigenvalue weighted by molar-refractivity contribution is 0.121. The Morgan fingerprint density at radius 3 is 2.94 bits per heavy atom. The van der Waals surface area contributed by atoms with Gasteiger partial charge in [-0.25, -0.2) is 0 Å². The molecule has 1 aromatic rings. The minimum absolute atomic E-state index is 0.278. The standard InChI is InChI=1S/C15H22ClNO/c1-4-6-17-14-9-18-7-5-12-10(2)8-13(16)11(3)15(12)14/h8,14,17H,4-7,9H2,1-3H3. The van der Waals surface area contributed by atoms with Gasteiger partial charge in [0, 0.05) is 5.02 Å². The highest BCUT2D eigenvalue weighted by molar-refractivity contribution is 6.31. The molecule has 0 saturated carbocycles. The summed E-state index contributed by atoms with van der Waals surface area (Å²) in [6.45, 7) is 9.01. The third-order valence-corrected chi connectivity index (χ3v) is 4.07. The first-order valence-electron chi connectivity index (χ1n) is 6.74. The molecule has 1 unspecified atom stereocenters. The minimum atomic E-state index is 0.278. The second-order valence-corrected chi connectivity index (χ2v) is 5.43. The fourth-order valence-electron chi connectivity index (χ4n) is 2.69. The first kappa shape index (κ1) is 13.9. The van der Waals surface area contributed by atoms with Crippen molar-refractivity contribution in [2.45, 2.75) is 39.7 Å². The number of hydrogen-bond donors (Lipinski definition) is 1. The third-order valence-electron chi connectivity index (χ3n) is 3.68. The fraction of sp³-hybridized carbons (Fsp3) is 0.600. The van der Waals surface area contributed by atoms with Crippen molar-refractivity contribution in [2.24, 2.45) is 0 Å². The lowest BCUT2D eigenvalue weighted by Gasteiger charge is -2.22. The Balaban J connectivity index is 2.44. The van der Waals surface area contributed by atoms with Gasteiger partial charge in [0.25, 0.3) is 0 Å². The zero-order valence-corrected chi connectivity index (χ0v) is 12.2. The Labute approximate surface area is 115 Å². The van der Waals surface area contributed by atoms with Gasteiger partial charge in [0.15, 0.2) is 0 Å². The quantitative estimate of drug-likeness (QED) is 0.904. The normalized spacial score (nSPS) is 19.4. The highest BCUT2D eigenvalue weighted by atomic mass is 35.5. The summed E-state index contributed by atoms with van der Waals surface area (Å²) in [6.07, 6.45) is 2.12. The van der Waals surface area contributed by atoms with E-state index in [4.69, 9.17) is 16.3 Å². The number of hydrogen-bond acceptors (Lipinski definition) is 2. The van der Waals surface area contributed by atoms with E-state index in [2.05, 4.69) is 32.2 Å². The summed E-state index contributed by atoms with van der Waals surface area (Å²) in [4.78, 5) is 0. The van der Waals surface area contributed by atoms with Crippen LogP contribution in [-0.2, 0) is 11.2 Å². The van der Waals surface area contributed by atoms with E-state index in [1.165, 1.54) is 22.3 Å². The molecule has 0 bridgehead atoms. The van der Waals surface area contributed by atoms with Gasteiger partial charge in [-0.3, -0.25) is 0 Å². The maximum atomic E-state index is 6.33. The van der Waals surface area contributed by atoms with E-state index in [1.807, 2.05) is 0 Å². The molecule has 1 aliphatic rings. The fourth-order valence-corrected chi connectivity index (χ4v) is 2.96. The summed E-state index contributed by atoms with van der Waals surface area (Å²) >= 11 is 6.33. The molecular weight excluding hydrogens is 246 g/mol. The molecule has 0 amide bonds. The van der Waals surface area contributed by atoms with Crippen LogP contribution in [0.4, 0.5) is 0 Å². The van der Waals surface area contributed by atoms with Crippen molar-refractivity contribution in [2.75, 3.05) is 19.8 Å². The van der Waals surface area contributed by atoms with E-state index >= 15 is 0 Å². The Morgan fingerprint density at radius 2 is 2.22 bits per heavy atom. The smallest absolute Gasteiger partial charge is 0.0661 e. The van der Waals surface area contributed by atoms with Crippen molar-refractivity contribution in [3.63, 3.8) is 0 Å². The average molecular weight is 268 g/mol. The van der Waals surface area contributed by atoms with Gasteiger partial charge in [0.1, 0.15) is 0 Å². The molecule has 0 fully saturated rings. The monoisotopic (exact) mass is 267 g/mol. The molecular formula is C15H22ClNO. The van der Waals surface area contributed by atoms with Gasteiger partial charge >= 0.3 is 0 Å². The van der Waals surface area contributed by atoms with Crippen molar-refractivity contribution < 1.29 is 4.74 Å². The Morgan fingerprint density at radius 1 is 1.44 bits per heavy atom. The molecule has 0 radical (unpaired) electrons. The number of benzene rings is 1. The molecule has 18 heavy (non-hydrogen) atoms. The predicted molar refractivity (Wildman–Crippen MR) is 76.5 cm³/mol.